The average Bonchev–Trinajstić information content (AvgIpc) is 3.05. The molecule has 1 fully saturated rings. The van der Waals surface area contributed by atoms with E-state index >= 15 is 0 Å². The minimum atomic E-state index is -0.667. The lowest BCUT2D eigenvalue weighted by atomic mass is 9.96. The van der Waals surface area contributed by atoms with Gasteiger partial charge in [0, 0.05) is 0 Å². The van der Waals surface area contributed by atoms with Crippen LogP contribution in [0.4, 0.5) is 0 Å². The smallest absolute Gasteiger partial charge is 0.150 e. The maximum Gasteiger partial charge on any atom is 0.150 e. The van der Waals surface area contributed by atoms with Gasteiger partial charge in [0.15, 0.2) is 6.10 Å². The molecule has 0 N–H and O–H groups in total. The molecule has 1 heterocycles. The first-order valence-electron chi connectivity index (χ1n) is 14.1. The zero-order chi connectivity index (χ0) is 28.8. The Kier molecular flexibility index (Phi) is 10.9. The van der Waals surface area contributed by atoms with Crippen LogP contribution in [-0.4, -0.2) is 31.0 Å². The topological polar surface area (TPSA) is 69.9 Å². The highest BCUT2D eigenvalue weighted by molar-refractivity contribution is 5.21. The molecule has 0 amide bonds. The molecule has 6 nitrogen and oxygen atoms in total. The Labute approximate surface area is 247 Å². The third-order valence-corrected chi connectivity index (χ3v) is 7.00. The van der Waals surface area contributed by atoms with Gasteiger partial charge in [-0.2, -0.15) is 5.26 Å². The van der Waals surface area contributed by atoms with Crippen LogP contribution in [0.25, 0.3) is 0 Å². The Balaban J connectivity index is 1.42. The summed E-state index contributed by atoms with van der Waals surface area (Å²) < 4.78 is 32.2. The van der Waals surface area contributed by atoms with Crippen LogP contribution in [0.15, 0.2) is 133 Å². The Morgan fingerprint density at radius 1 is 0.571 bits per heavy atom. The molecular formula is C36H35NO5. The second-order valence-electron chi connectivity index (χ2n) is 10.1. The maximum atomic E-state index is 9.68. The lowest BCUT2D eigenvalue weighted by Crippen LogP contribution is -2.56. The van der Waals surface area contributed by atoms with E-state index in [1.807, 2.05) is 121 Å². The summed E-state index contributed by atoms with van der Waals surface area (Å²) in [5.41, 5.74) is 4.12. The first-order chi connectivity index (χ1) is 20.8. The van der Waals surface area contributed by atoms with E-state index in [-0.39, 0.29) is 6.61 Å². The molecule has 5 rings (SSSR count). The number of allylic oxidation sites excluding steroid dienone is 1. The van der Waals surface area contributed by atoms with Gasteiger partial charge in [0.1, 0.15) is 24.1 Å². The van der Waals surface area contributed by atoms with Crippen molar-refractivity contribution in [3.8, 4) is 6.07 Å². The molecule has 4 aromatic carbocycles. The second kappa shape index (κ2) is 15.7. The van der Waals surface area contributed by atoms with Gasteiger partial charge >= 0.3 is 0 Å². The van der Waals surface area contributed by atoms with Gasteiger partial charge in [-0.3, -0.25) is 0 Å². The minimum Gasteiger partial charge on any atom is -0.486 e. The Morgan fingerprint density at radius 2 is 1.00 bits per heavy atom. The van der Waals surface area contributed by atoms with Crippen LogP contribution < -0.4 is 0 Å². The predicted molar refractivity (Wildman–Crippen MR) is 160 cm³/mol. The second-order valence-corrected chi connectivity index (χ2v) is 10.1. The molecule has 0 radical (unpaired) electrons. The number of nitrogens with zero attached hydrogens (tertiary/aromatic N) is 1. The molecule has 6 heteroatoms. The van der Waals surface area contributed by atoms with Gasteiger partial charge in [0.25, 0.3) is 0 Å². The number of rotatable bonds is 13. The highest BCUT2D eigenvalue weighted by Gasteiger charge is 2.46. The molecule has 0 unspecified atom stereocenters. The predicted octanol–water partition coefficient (Wildman–Crippen LogP) is 6.77. The van der Waals surface area contributed by atoms with Crippen LogP contribution in [0.1, 0.15) is 22.3 Å². The molecule has 1 aliphatic heterocycles. The third-order valence-electron chi connectivity index (χ3n) is 7.00. The van der Waals surface area contributed by atoms with Crippen LogP contribution in [0.5, 0.6) is 0 Å². The molecule has 0 saturated carbocycles. The van der Waals surface area contributed by atoms with E-state index in [2.05, 4.69) is 6.07 Å². The number of nitriles is 1. The van der Waals surface area contributed by atoms with E-state index in [9.17, 15) is 5.26 Å². The van der Waals surface area contributed by atoms with E-state index < -0.39 is 24.4 Å². The summed E-state index contributed by atoms with van der Waals surface area (Å²) in [6, 6.07) is 42.0. The summed E-state index contributed by atoms with van der Waals surface area (Å²) in [6.07, 6.45) is -0.918. The summed E-state index contributed by atoms with van der Waals surface area (Å²) in [5.74, 6) is 0.402. The summed E-state index contributed by atoms with van der Waals surface area (Å²) in [4.78, 5) is 0. The van der Waals surface area contributed by atoms with Gasteiger partial charge in [-0.15, -0.1) is 0 Å². The SMILES string of the molecule is N#C/C=C1\O[C@H](COCc2ccccc2)[C@@H](OCc2ccccc2)[C@H](OCc2ccccc2)[C@@H]1OCc1ccccc1. The van der Waals surface area contributed by atoms with Crippen molar-refractivity contribution in [2.45, 2.75) is 50.8 Å². The van der Waals surface area contributed by atoms with Crippen molar-refractivity contribution in [3.63, 3.8) is 0 Å². The maximum absolute atomic E-state index is 9.68. The summed E-state index contributed by atoms with van der Waals surface area (Å²) >= 11 is 0. The van der Waals surface area contributed by atoms with Gasteiger partial charge in [-0.25, -0.2) is 0 Å². The Bertz CT molecular complexity index is 1410. The van der Waals surface area contributed by atoms with E-state index in [4.69, 9.17) is 23.7 Å². The lowest BCUT2D eigenvalue weighted by Gasteiger charge is -2.43. The quantitative estimate of drug-likeness (QED) is 0.168. The third kappa shape index (κ3) is 8.39. The summed E-state index contributed by atoms with van der Waals surface area (Å²) in [7, 11) is 0. The number of hydrogen-bond acceptors (Lipinski definition) is 6. The summed E-state index contributed by atoms with van der Waals surface area (Å²) in [6.45, 7) is 1.70. The number of benzene rings is 4. The first-order valence-corrected chi connectivity index (χ1v) is 14.1. The van der Waals surface area contributed by atoms with Gasteiger partial charge in [0.2, 0.25) is 0 Å². The van der Waals surface area contributed by atoms with Gasteiger partial charge in [0.05, 0.1) is 45.2 Å². The van der Waals surface area contributed by atoms with E-state index in [0.29, 0.717) is 32.2 Å². The molecular weight excluding hydrogens is 526 g/mol. The van der Waals surface area contributed by atoms with Crippen molar-refractivity contribution in [2.75, 3.05) is 6.61 Å². The van der Waals surface area contributed by atoms with Crippen LogP contribution >= 0.6 is 0 Å². The normalized spacial score (nSPS) is 21.0. The van der Waals surface area contributed by atoms with Gasteiger partial charge in [-0.1, -0.05) is 121 Å². The van der Waals surface area contributed by atoms with Crippen LogP contribution in [-0.2, 0) is 50.1 Å². The zero-order valence-corrected chi connectivity index (χ0v) is 23.5. The lowest BCUT2D eigenvalue weighted by molar-refractivity contribution is -0.223. The van der Waals surface area contributed by atoms with Crippen molar-refractivity contribution >= 4 is 0 Å². The molecule has 1 aliphatic rings. The van der Waals surface area contributed by atoms with Crippen molar-refractivity contribution in [1.29, 1.82) is 5.26 Å². The Hall–Kier alpha value is -4.25. The molecule has 1 saturated heterocycles. The van der Waals surface area contributed by atoms with Crippen molar-refractivity contribution < 1.29 is 23.7 Å². The van der Waals surface area contributed by atoms with Gasteiger partial charge < -0.3 is 23.7 Å². The minimum absolute atomic E-state index is 0.244. The zero-order valence-electron chi connectivity index (χ0n) is 23.5. The van der Waals surface area contributed by atoms with E-state index in [1.54, 1.807) is 0 Å². The average molecular weight is 562 g/mol. The van der Waals surface area contributed by atoms with Gasteiger partial charge in [-0.05, 0) is 22.3 Å². The molecule has 4 atom stereocenters. The fraction of sp³-hybridized carbons (Fsp3) is 0.250. The molecule has 0 bridgehead atoms. The van der Waals surface area contributed by atoms with Crippen LogP contribution in [0.3, 0.4) is 0 Å². The molecule has 0 aliphatic carbocycles. The number of hydrogen-bond donors (Lipinski definition) is 0. The number of ether oxygens (including phenoxy) is 5. The fourth-order valence-corrected chi connectivity index (χ4v) is 4.89. The molecule has 214 valence electrons. The first kappa shape index (κ1) is 29.2. The van der Waals surface area contributed by atoms with E-state index in [0.717, 1.165) is 22.3 Å². The largest absolute Gasteiger partial charge is 0.486 e. The van der Waals surface area contributed by atoms with Crippen molar-refractivity contribution in [3.05, 3.63) is 155 Å². The van der Waals surface area contributed by atoms with Crippen LogP contribution in [0.2, 0.25) is 0 Å². The van der Waals surface area contributed by atoms with Crippen molar-refractivity contribution in [1.82, 2.24) is 0 Å². The molecule has 0 spiro atoms. The van der Waals surface area contributed by atoms with Crippen molar-refractivity contribution in [2.24, 2.45) is 0 Å². The Morgan fingerprint density at radius 3 is 1.48 bits per heavy atom. The van der Waals surface area contributed by atoms with Crippen LogP contribution in [0, 0.1) is 11.3 Å². The van der Waals surface area contributed by atoms with E-state index in [1.165, 1.54) is 6.08 Å². The fourth-order valence-electron chi connectivity index (χ4n) is 4.89. The highest BCUT2D eigenvalue weighted by atomic mass is 16.6. The molecule has 4 aromatic rings. The highest BCUT2D eigenvalue weighted by Crippen LogP contribution is 2.33. The molecule has 0 aromatic heterocycles. The standard InChI is InChI=1S/C36H35NO5/c37-22-21-32-34(39-24-29-15-7-2-8-16-29)36(41-26-31-19-11-4-12-20-31)35(40-25-30-17-9-3-10-18-30)33(42-32)27-38-23-28-13-5-1-6-14-28/h1-21,33-36H,23-27H2/b32-21-/t33-,34-,35-,36-/m1/s1. The molecule has 42 heavy (non-hydrogen) atoms. The monoisotopic (exact) mass is 561 g/mol. The summed E-state index contributed by atoms with van der Waals surface area (Å²) in [5, 5.41) is 9.68.